The third-order valence-corrected chi connectivity index (χ3v) is 11.2. The molecule has 308 valence electrons. The van der Waals surface area contributed by atoms with Crippen LogP contribution in [0.2, 0.25) is 0 Å². The fourth-order valence-electron chi connectivity index (χ4n) is 6.44. The maximum atomic E-state index is 13.3. The van der Waals surface area contributed by atoms with E-state index in [1.165, 1.54) is 4.90 Å². The van der Waals surface area contributed by atoms with Crippen LogP contribution < -0.4 is 15.8 Å². The molecule has 2 aliphatic heterocycles. The molecule has 0 bridgehead atoms. The lowest BCUT2D eigenvalue weighted by Gasteiger charge is -2.29. The molecule has 3 aromatic rings. The molecule has 12 nitrogen and oxygen atoms in total. The number of piperidine rings is 1. The first-order valence-corrected chi connectivity index (χ1v) is 21.0. The van der Waals surface area contributed by atoms with Crippen molar-refractivity contribution in [3.8, 4) is 11.3 Å². The van der Waals surface area contributed by atoms with Crippen LogP contribution in [0.4, 0.5) is 4.39 Å². The maximum absolute atomic E-state index is 13.3. The van der Waals surface area contributed by atoms with Gasteiger partial charge in [-0.3, -0.25) is 28.7 Å². The van der Waals surface area contributed by atoms with E-state index >= 15 is 0 Å². The average molecular weight is 805 g/mol. The van der Waals surface area contributed by atoms with Crippen molar-refractivity contribution in [3.05, 3.63) is 78.9 Å². The number of alkyl halides is 1. The maximum Gasteiger partial charge on any atom is 0.254 e. The molecule has 4 N–H and O–H groups in total. The standard InChI is InChI=1S/C23H35FN4O5S.C16H12N2O.C4H10/c1-3-15(2)21(23(32)26-34(33)17-6-7-17)25-22(31)18-5-4-12-28(18)20(30)9-8-19(29)27-13-10-16(24)11-14-27;17-16(19)13-10-15(11-6-2-1-3-7-11)18-14-9-5-4-8-12(13)14;1-4(2)3/h3,15-18,21H,1,4-14H2,2H3,(H,25,31)(H,26,32);1-10H,(H2,17,19);4H,1-3H3/t15?,18-,21?,34?;;/m0../s1. The van der Waals surface area contributed by atoms with Gasteiger partial charge in [0.25, 0.3) is 5.91 Å². The number of benzene rings is 2. The van der Waals surface area contributed by atoms with Crippen molar-refractivity contribution in [2.24, 2.45) is 17.6 Å². The summed E-state index contributed by atoms with van der Waals surface area (Å²) in [4.78, 5) is 70.1. The minimum Gasteiger partial charge on any atom is -0.366 e. The van der Waals surface area contributed by atoms with E-state index in [1.54, 1.807) is 24.0 Å². The first-order valence-electron chi connectivity index (χ1n) is 19.8. The Morgan fingerprint density at radius 1 is 0.912 bits per heavy atom. The van der Waals surface area contributed by atoms with Gasteiger partial charge in [0.2, 0.25) is 23.6 Å². The van der Waals surface area contributed by atoms with Gasteiger partial charge in [0, 0.05) is 49.3 Å². The number of primary amides is 1. The van der Waals surface area contributed by atoms with Crippen molar-refractivity contribution < 1.29 is 32.6 Å². The van der Waals surface area contributed by atoms with Crippen molar-refractivity contribution in [3.63, 3.8) is 0 Å². The normalized spacial score (nSPS) is 18.2. The molecule has 1 aliphatic carbocycles. The highest BCUT2D eigenvalue weighted by molar-refractivity contribution is 7.84. The number of likely N-dealkylation sites (tertiary alicyclic amines) is 2. The van der Waals surface area contributed by atoms with E-state index in [4.69, 9.17) is 5.73 Å². The van der Waals surface area contributed by atoms with Crippen LogP contribution in [-0.4, -0.2) is 91.7 Å². The lowest BCUT2D eigenvalue weighted by atomic mass is 10.0. The van der Waals surface area contributed by atoms with Gasteiger partial charge in [-0.1, -0.05) is 82.3 Å². The van der Waals surface area contributed by atoms with Gasteiger partial charge in [-0.05, 0) is 56.6 Å². The summed E-state index contributed by atoms with van der Waals surface area (Å²) in [7, 11) is -1.48. The molecule has 4 atom stereocenters. The predicted molar refractivity (Wildman–Crippen MR) is 221 cm³/mol. The van der Waals surface area contributed by atoms with Gasteiger partial charge in [0.15, 0.2) is 0 Å². The summed E-state index contributed by atoms with van der Waals surface area (Å²) >= 11 is 0. The summed E-state index contributed by atoms with van der Waals surface area (Å²) in [5.41, 5.74) is 8.47. The number of aromatic nitrogens is 1. The SMILES string of the molecule is C=CC(C)C(NC(=O)[C@@H]1CCCN1C(=O)CCC(=O)N1CCC(F)CC1)C(=O)NS(=O)C1CC1.CC(C)C.NC(=O)c1cc(-c2ccccc2)nc2ccccc12. The average Bonchev–Trinajstić information content (AvgIpc) is 3.94. The van der Waals surface area contributed by atoms with Gasteiger partial charge in [0.05, 0.1) is 22.0 Å². The Morgan fingerprint density at radius 3 is 2.14 bits per heavy atom. The number of amides is 5. The zero-order valence-electron chi connectivity index (χ0n) is 33.5. The van der Waals surface area contributed by atoms with Crippen LogP contribution in [0, 0.1) is 11.8 Å². The number of fused-ring (bicyclic) bond motifs is 1. The number of carbonyl (C=O) groups excluding carboxylic acids is 5. The molecule has 3 unspecified atom stereocenters. The Kier molecular flexibility index (Phi) is 16.9. The Balaban J connectivity index is 0.000000261. The van der Waals surface area contributed by atoms with Crippen LogP contribution >= 0.6 is 0 Å². The van der Waals surface area contributed by atoms with Crippen LogP contribution in [0.1, 0.15) is 89.4 Å². The monoisotopic (exact) mass is 804 g/mol. The van der Waals surface area contributed by atoms with Crippen LogP contribution in [0.5, 0.6) is 0 Å². The number of hydrogen-bond acceptors (Lipinski definition) is 7. The smallest absolute Gasteiger partial charge is 0.254 e. The van der Waals surface area contributed by atoms with E-state index in [1.807, 2.05) is 54.6 Å². The van der Waals surface area contributed by atoms with Crippen molar-refractivity contribution >= 4 is 51.4 Å². The quantitative estimate of drug-likeness (QED) is 0.199. The molecule has 14 heteroatoms. The van der Waals surface area contributed by atoms with Gasteiger partial charge < -0.3 is 20.9 Å². The van der Waals surface area contributed by atoms with Gasteiger partial charge in [-0.2, -0.15) is 0 Å². The van der Waals surface area contributed by atoms with Gasteiger partial charge >= 0.3 is 0 Å². The van der Waals surface area contributed by atoms with E-state index in [2.05, 4.69) is 42.4 Å². The highest BCUT2D eigenvalue weighted by atomic mass is 32.2. The number of carbonyl (C=O) groups is 5. The molecule has 2 aromatic carbocycles. The summed E-state index contributed by atoms with van der Waals surface area (Å²) in [6.07, 6.45) is 4.00. The Labute approximate surface area is 337 Å². The van der Waals surface area contributed by atoms with Crippen LogP contribution in [0.3, 0.4) is 0 Å². The van der Waals surface area contributed by atoms with Crippen molar-refractivity contribution in [2.45, 2.75) is 103 Å². The molecule has 57 heavy (non-hydrogen) atoms. The van der Waals surface area contributed by atoms with E-state index < -0.39 is 52.9 Å². The molecule has 0 radical (unpaired) electrons. The van der Waals surface area contributed by atoms with Crippen LogP contribution in [0.15, 0.2) is 73.3 Å². The zero-order chi connectivity index (χ0) is 41.6. The molecule has 2 saturated heterocycles. The van der Waals surface area contributed by atoms with E-state index in [-0.39, 0.29) is 29.9 Å². The van der Waals surface area contributed by atoms with Gasteiger partial charge in [-0.15, -0.1) is 6.58 Å². The number of hydrogen-bond donors (Lipinski definition) is 3. The number of pyridine rings is 1. The minimum absolute atomic E-state index is 0.0200. The molecule has 3 heterocycles. The third kappa shape index (κ3) is 13.3. The second-order valence-electron chi connectivity index (χ2n) is 15.4. The predicted octanol–water partition coefficient (Wildman–Crippen LogP) is 5.63. The number of para-hydroxylation sites is 1. The van der Waals surface area contributed by atoms with E-state index in [9.17, 15) is 32.6 Å². The molecule has 1 saturated carbocycles. The molecular formula is C43H57FN6O6S. The first kappa shape index (κ1) is 44.7. The zero-order valence-corrected chi connectivity index (χ0v) is 34.3. The highest BCUT2D eigenvalue weighted by Crippen LogP contribution is 2.26. The molecular weight excluding hydrogens is 748 g/mol. The topological polar surface area (TPSA) is 172 Å². The lowest BCUT2D eigenvalue weighted by Crippen LogP contribution is -2.55. The number of nitrogens with two attached hydrogens (primary N) is 1. The molecule has 0 spiro atoms. The summed E-state index contributed by atoms with van der Waals surface area (Å²) < 4.78 is 27.9. The van der Waals surface area contributed by atoms with E-state index in [0.717, 1.165) is 40.9 Å². The molecule has 6 rings (SSSR count). The number of nitrogens with zero attached hydrogens (tertiary/aromatic N) is 3. The van der Waals surface area contributed by atoms with Crippen molar-refractivity contribution in [1.29, 1.82) is 0 Å². The van der Waals surface area contributed by atoms with Gasteiger partial charge in [0.1, 0.15) is 29.2 Å². The molecule has 3 fully saturated rings. The Hall–Kier alpha value is -4.98. The number of rotatable bonds is 12. The first-order chi connectivity index (χ1) is 27.2. The van der Waals surface area contributed by atoms with Crippen LogP contribution in [-0.2, 0) is 30.2 Å². The Morgan fingerprint density at radius 2 is 1.53 bits per heavy atom. The largest absolute Gasteiger partial charge is 0.366 e. The summed E-state index contributed by atoms with van der Waals surface area (Å²) in [5.74, 6) is -1.47. The second-order valence-corrected chi connectivity index (χ2v) is 16.8. The fourth-order valence-corrected chi connectivity index (χ4v) is 7.49. The number of nitrogens with one attached hydrogen (secondary N) is 2. The lowest BCUT2D eigenvalue weighted by molar-refractivity contribution is -0.141. The van der Waals surface area contributed by atoms with E-state index in [0.29, 0.717) is 50.9 Å². The molecule has 1 aromatic heterocycles. The summed E-state index contributed by atoms with van der Waals surface area (Å²) in [5, 5.41) is 3.47. The number of halogens is 1. The van der Waals surface area contributed by atoms with Crippen molar-refractivity contribution in [2.75, 3.05) is 19.6 Å². The van der Waals surface area contributed by atoms with Crippen molar-refractivity contribution in [1.82, 2.24) is 24.8 Å². The van der Waals surface area contributed by atoms with Crippen LogP contribution in [0.25, 0.3) is 22.2 Å². The highest BCUT2D eigenvalue weighted by Gasteiger charge is 2.38. The summed E-state index contributed by atoms with van der Waals surface area (Å²) in [6.45, 7) is 13.0. The third-order valence-electron chi connectivity index (χ3n) is 9.76. The molecule has 3 aliphatic rings. The van der Waals surface area contributed by atoms with Gasteiger partial charge in [-0.25, -0.2) is 13.6 Å². The minimum atomic E-state index is -1.48. The second kappa shape index (κ2) is 21.5. The fraction of sp³-hybridized carbons (Fsp3) is 0.488. The Bertz CT molecular complexity index is 1900. The summed E-state index contributed by atoms with van der Waals surface area (Å²) in [6, 6.07) is 17.3. The molecule has 5 amide bonds.